The first-order valence-electron chi connectivity index (χ1n) is 11.3. The Labute approximate surface area is 179 Å². The fourth-order valence-electron chi connectivity index (χ4n) is 4.39. The number of fused-ring (bicyclic) bond motifs is 1. The number of piperidine rings is 1. The molecule has 1 fully saturated rings. The topological polar surface area (TPSA) is 93.8 Å². The summed E-state index contributed by atoms with van der Waals surface area (Å²) in [6, 6.07) is 6.55. The molecule has 0 aliphatic carbocycles. The number of nitrogens with one attached hydrogen (secondary N) is 1. The molecule has 0 amide bonds. The smallest absolute Gasteiger partial charge is 0.146 e. The monoisotopic (exact) mass is 416 g/mol. The van der Waals surface area contributed by atoms with E-state index in [2.05, 4.69) is 22.5 Å². The number of aryl methyl sites for hydroxylation is 1. The van der Waals surface area contributed by atoms with Crippen molar-refractivity contribution < 1.29 is 15.4 Å². The molecule has 7 heteroatoms. The largest absolute Gasteiger partial charge is 0.395 e. The molecule has 2 unspecified atom stereocenters. The van der Waals surface area contributed by atoms with Gasteiger partial charge in [-0.2, -0.15) is 5.48 Å². The maximum Gasteiger partial charge on any atom is 0.146 e. The van der Waals surface area contributed by atoms with E-state index in [9.17, 15) is 10.2 Å². The quantitative estimate of drug-likeness (QED) is 0.256. The second-order valence-electron chi connectivity index (χ2n) is 8.21. The van der Waals surface area contributed by atoms with Crippen LogP contribution >= 0.6 is 0 Å². The molecule has 3 rings (SSSR count). The molecule has 1 aliphatic rings. The predicted octanol–water partition coefficient (Wildman–Crippen LogP) is 3.10. The molecule has 1 aromatic heterocycles. The molecule has 2 atom stereocenters. The minimum atomic E-state index is -1.09. The van der Waals surface area contributed by atoms with Crippen molar-refractivity contribution in [1.29, 1.82) is 0 Å². The van der Waals surface area contributed by atoms with Gasteiger partial charge in [0.25, 0.3) is 0 Å². The number of hydrogen-bond acceptors (Lipinski definition) is 6. The summed E-state index contributed by atoms with van der Waals surface area (Å²) >= 11 is 0. The maximum absolute atomic E-state index is 9.47. The van der Waals surface area contributed by atoms with Crippen LogP contribution in [0, 0.1) is 0 Å². The normalized spacial score (nSPS) is 19.1. The summed E-state index contributed by atoms with van der Waals surface area (Å²) in [5.74, 6) is 1.15. The highest BCUT2D eigenvalue weighted by Gasteiger charge is 2.24. The Morgan fingerprint density at radius 1 is 1.30 bits per heavy atom. The van der Waals surface area contributed by atoms with Crippen molar-refractivity contribution in [3.05, 3.63) is 35.7 Å². The average Bonchev–Trinajstić information content (AvgIpc) is 3.13. The van der Waals surface area contributed by atoms with Gasteiger partial charge in [-0.3, -0.25) is 4.90 Å². The lowest BCUT2D eigenvalue weighted by atomic mass is 10.0. The summed E-state index contributed by atoms with van der Waals surface area (Å²) in [5.41, 5.74) is 4.85. The molecule has 0 radical (unpaired) electrons. The molecule has 0 spiro atoms. The summed E-state index contributed by atoms with van der Waals surface area (Å²) in [6.45, 7) is 5.15. The van der Waals surface area contributed by atoms with Crippen LogP contribution in [0.15, 0.2) is 24.3 Å². The van der Waals surface area contributed by atoms with Gasteiger partial charge in [0.15, 0.2) is 0 Å². The summed E-state index contributed by atoms with van der Waals surface area (Å²) in [6.07, 6.45) is 10.3. The van der Waals surface area contributed by atoms with Crippen molar-refractivity contribution in [3.8, 4) is 0 Å². The van der Waals surface area contributed by atoms with Gasteiger partial charge >= 0.3 is 0 Å². The van der Waals surface area contributed by atoms with Crippen molar-refractivity contribution >= 4 is 17.1 Å². The molecule has 30 heavy (non-hydrogen) atoms. The molecule has 0 saturated carbocycles. The molecule has 4 N–H and O–H groups in total. The molecule has 1 aromatic carbocycles. The van der Waals surface area contributed by atoms with E-state index in [1.54, 1.807) is 11.6 Å². The van der Waals surface area contributed by atoms with Crippen LogP contribution in [0.4, 0.5) is 0 Å². The van der Waals surface area contributed by atoms with Crippen molar-refractivity contribution in [1.82, 2.24) is 19.9 Å². The highest BCUT2D eigenvalue weighted by atomic mass is 16.5. The van der Waals surface area contributed by atoms with E-state index >= 15 is 0 Å². The molecule has 0 bridgehead atoms. The van der Waals surface area contributed by atoms with Crippen molar-refractivity contribution in [2.75, 3.05) is 26.2 Å². The number of hydroxylamine groups is 1. The first-order valence-corrected chi connectivity index (χ1v) is 11.3. The number of likely N-dealkylation sites (tertiary alicyclic amines) is 1. The highest BCUT2D eigenvalue weighted by molar-refractivity contribution is 5.79. The van der Waals surface area contributed by atoms with Gasteiger partial charge in [-0.05, 0) is 49.6 Å². The fraction of sp³-hybridized carbons (Fsp3) is 0.609. The Bertz CT molecular complexity index is 818. The second kappa shape index (κ2) is 11.6. The first-order chi connectivity index (χ1) is 14.7. The molecular formula is C23H36N4O3. The Hall–Kier alpha value is -1.77. The lowest BCUT2D eigenvalue weighted by Gasteiger charge is -2.34. The van der Waals surface area contributed by atoms with Crippen molar-refractivity contribution in [2.24, 2.45) is 0 Å². The Kier molecular flexibility index (Phi) is 8.84. The zero-order valence-corrected chi connectivity index (χ0v) is 18.0. The lowest BCUT2D eigenvalue weighted by Crippen LogP contribution is -2.38. The molecule has 1 saturated heterocycles. The molecular weight excluding hydrogens is 380 g/mol. The van der Waals surface area contributed by atoms with Gasteiger partial charge in [-0.1, -0.05) is 38.3 Å². The van der Waals surface area contributed by atoms with Crippen LogP contribution in [0.25, 0.3) is 17.1 Å². The SMILES string of the molecule is CCCCCCc1nc2cc(/C=C/C(O)NO)ccc2n1C1CCCN(CCO)C1. The number of unbranched alkanes of at least 4 members (excludes halogenated alkanes) is 3. The number of nitrogens with zero attached hydrogens (tertiary/aromatic N) is 3. The third-order valence-electron chi connectivity index (χ3n) is 5.91. The van der Waals surface area contributed by atoms with E-state index in [1.165, 1.54) is 25.3 Å². The van der Waals surface area contributed by atoms with Gasteiger partial charge in [-0.25, -0.2) is 4.98 Å². The zero-order valence-electron chi connectivity index (χ0n) is 18.0. The van der Waals surface area contributed by atoms with E-state index in [1.807, 2.05) is 12.1 Å². The van der Waals surface area contributed by atoms with Crippen molar-refractivity contribution in [3.63, 3.8) is 0 Å². The number of rotatable bonds is 11. The summed E-state index contributed by atoms with van der Waals surface area (Å²) < 4.78 is 2.43. The van der Waals surface area contributed by atoms with Crippen LogP contribution in [0.3, 0.4) is 0 Å². The van der Waals surface area contributed by atoms with Gasteiger partial charge in [0, 0.05) is 25.6 Å². The Morgan fingerprint density at radius 3 is 2.93 bits per heavy atom. The van der Waals surface area contributed by atoms with E-state index in [-0.39, 0.29) is 6.61 Å². The number of aromatic nitrogens is 2. The van der Waals surface area contributed by atoms with E-state index in [0.29, 0.717) is 6.04 Å². The highest BCUT2D eigenvalue weighted by Crippen LogP contribution is 2.29. The van der Waals surface area contributed by atoms with E-state index < -0.39 is 6.23 Å². The third-order valence-corrected chi connectivity index (χ3v) is 5.91. The van der Waals surface area contributed by atoms with Gasteiger partial charge < -0.3 is 20.0 Å². The second-order valence-corrected chi connectivity index (χ2v) is 8.21. The van der Waals surface area contributed by atoms with Crippen LogP contribution in [-0.4, -0.2) is 62.3 Å². The third kappa shape index (κ3) is 5.89. The number of aliphatic hydroxyl groups is 2. The molecule has 2 heterocycles. The van der Waals surface area contributed by atoms with Gasteiger partial charge in [0.2, 0.25) is 0 Å². The number of imidazole rings is 1. The van der Waals surface area contributed by atoms with Crippen LogP contribution < -0.4 is 5.48 Å². The van der Waals surface area contributed by atoms with Gasteiger partial charge in [0.05, 0.1) is 17.6 Å². The van der Waals surface area contributed by atoms with E-state index in [4.69, 9.17) is 10.2 Å². The Balaban J connectivity index is 1.89. The zero-order chi connectivity index (χ0) is 21.3. The Morgan fingerprint density at radius 2 is 2.17 bits per heavy atom. The average molecular weight is 417 g/mol. The van der Waals surface area contributed by atoms with Crippen LogP contribution in [-0.2, 0) is 6.42 Å². The lowest BCUT2D eigenvalue weighted by molar-refractivity contribution is 0.0323. The number of β-amino-alcohol motifs (C(OH)–C–C–N with tert-alkyl or cyclic N) is 1. The van der Waals surface area contributed by atoms with Crippen molar-refractivity contribution in [2.45, 2.75) is 64.1 Å². The minimum Gasteiger partial charge on any atom is -0.395 e. The molecule has 2 aromatic rings. The summed E-state index contributed by atoms with van der Waals surface area (Å²) in [7, 11) is 0. The van der Waals surface area contributed by atoms with Crippen LogP contribution in [0.2, 0.25) is 0 Å². The maximum atomic E-state index is 9.47. The summed E-state index contributed by atoms with van der Waals surface area (Å²) in [5, 5.41) is 27.6. The summed E-state index contributed by atoms with van der Waals surface area (Å²) in [4.78, 5) is 7.35. The number of aliphatic hydroxyl groups excluding tert-OH is 2. The fourth-order valence-corrected chi connectivity index (χ4v) is 4.39. The first kappa shape index (κ1) is 22.9. The predicted molar refractivity (Wildman–Crippen MR) is 119 cm³/mol. The standard InChI is InChI=1S/C23H36N4O3/c1-2-3-4-5-8-22-24-20-16-18(10-12-23(29)25-30)9-11-21(20)27(22)19-7-6-13-26(17-19)14-15-28/h9-12,16,19,23,25,28-30H,2-8,13-15,17H2,1H3/b12-10+. The minimum absolute atomic E-state index is 0.200. The molecule has 1 aliphatic heterocycles. The van der Waals surface area contributed by atoms with Crippen LogP contribution in [0.5, 0.6) is 0 Å². The van der Waals surface area contributed by atoms with Gasteiger partial charge in [0.1, 0.15) is 12.1 Å². The van der Waals surface area contributed by atoms with Crippen LogP contribution in [0.1, 0.15) is 62.9 Å². The molecule has 7 nitrogen and oxygen atoms in total. The van der Waals surface area contributed by atoms with E-state index in [0.717, 1.165) is 67.7 Å². The van der Waals surface area contributed by atoms with Gasteiger partial charge in [-0.15, -0.1) is 0 Å². The number of benzene rings is 1. The molecule has 166 valence electrons. The number of hydrogen-bond donors (Lipinski definition) is 4.